The minimum Gasteiger partial charge on any atom is -0.480 e. The molecule has 7 heteroatoms. The summed E-state index contributed by atoms with van der Waals surface area (Å²) < 4.78 is 13.3. The number of halogens is 1. The Kier molecular flexibility index (Phi) is 6.32. The Morgan fingerprint density at radius 1 is 1.29 bits per heavy atom. The molecule has 0 spiro atoms. The van der Waals surface area contributed by atoms with Crippen LogP contribution in [0.15, 0.2) is 24.3 Å². The van der Waals surface area contributed by atoms with Crippen LogP contribution < -0.4 is 10.6 Å². The summed E-state index contributed by atoms with van der Waals surface area (Å²) in [6.07, 6.45) is 0.890. The van der Waals surface area contributed by atoms with Gasteiger partial charge in [-0.25, -0.2) is 9.18 Å². The van der Waals surface area contributed by atoms with Crippen LogP contribution in [0.1, 0.15) is 30.1 Å². The molecule has 0 bridgehead atoms. The van der Waals surface area contributed by atoms with Crippen molar-refractivity contribution in [3.05, 3.63) is 35.6 Å². The van der Waals surface area contributed by atoms with E-state index in [0.29, 0.717) is 12.8 Å². The van der Waals surface area contributed by atoms with Crippen LogP contribution in [0.2, 0.25) is 0 Å². The highest BCUT2D eigenvalue weighted by atomic mass is 19.1. The Morgan fingerprint density at radius 3 is 2.52 bits per heavy atom. The van der Waals surface area contributed by atoms with Crippen molar-refractivity contribution in [2.45, 2.75) is 25.8 Å². The minimum atomic E-state index is -1.13. The molecule has 0 aliphatic rings. The molecule has 1 atom stereocenters. The van der Waals surface area contributed by atoms with Gasteiger partial charge in [0.25, 0.3) is 5.91 Å². The van der Waals surface area contributed by atoms with Crippen LogP contribution in [0.5, 0.6) is 0 Å². The number of nitrogens with one attached hydrogen (secondary N) is 2. The largest absolute Gasteiger partial charge is 0.480 e. The monoisotopic (exact) mass is 296 g/mol. The lowest BCUT2D eigenvalue weighted by molar-refractivity contribution is -0.141. The fourth-order valence-electron chi connectivity index (χ4n) is 1.69. The van der Waals surface area contributed by atoms with E-state index in [1.807, 2.05) is 0 Å². The molecule has 3 N–H and O–H groups in total. The molecule has 0 aromatic heterocycles. The molecule has 0 saturated heterocycles. The number of carboxylic acids is 1. The second-order valence-electron chi connectivity index (χ2n) is 4.41. The molecule has 1 aromatic carbocycles. The van der Waals surface area contributed by atoms with Gasteiger partial charge < -0.3 is 15.7 Å². The quantitative estimate of drug-likeness (QED) is 0.697. The van der Waals surface area contributed by atoms with E-state index in [0.717, 1.165) is 6.07 Å². The van der Waals surface area contributed by atoms with Gasteiger partial charge in [-0.05, 0) is 18.6 Å². The highest BCUT2D eigenvalue weighted by Gasteiger charge is 2.19. The summed E-state index contributed by atoms with van der Waals surface area (Å²) in [6, 6.07) is 4.38. The molecule has 114 valence electrons. The predicted molar refractivity (Wildman–Crippen MR) is 73.2 cm³/mol. The molecular weight excluding hydrogens is 279 g/mol. The maximum atomic E-state index is 13.3. The van der Waals surface area contributed by atoms with E-state index in [9.17, 15) is 18.8 Å². The van der Waals surface area contributed by atoms with Gasteiger partial charge in [-0.3, -0.25) is 9.59 Å². The first kappa shape index (κ1) is 16.6. The highest BCUT2D eigenvalue weighted by Crippen LogP contribution is 2.05. The van der Waals surface area contributed by atoms with Crippen LogP contribution in [0.4, 0.5) is 4.39 Å². The summed E-state index contributed by atoms with van der Waals surface area (Å²) in [6.45, 7) is 1.38. The molecular formula is C14H17FN2O4. The number of carbonyl (C=O) groups is 3. The molecule has 0 saturated carbocycles. The van der Waals surface area contributed by atoms with Crippen molar-refractivity contribution in [2.75, 3.05) is 6.54 Å². The number of aliphatic carboxylic acids is 1. The summed E-state index contributed by atoms with van der Waals surface area (Å²) >= 11 is 0. The molecule has 0 unspecified atom stereocenters. The maximum Gasteiger partial charge on any atom is 0.326 e. The van der Waals surface area contributed by atoms with Gasteiger partial charge in [-0.15, -0.1) is 0 Å². The van der Waals surface area contributed by atoms with Gasteiger partial charge in [-0.1, -0.05) is 25.5 Å². The molecule has 0 fully saturated rings. The van der Waals surface area contributed by atoms with E-state index in [4.69, 9.17) is 5.11 Å². The highest BCUT2D eigenvalue weighted by molar-refractivity contribution is 5.97. The van der Waals surface area contributed by atoms with Gasteiger partial charge in [0.05, 0.1) is 12.1 Å². The SMILES string of the molecule is CCC[C@H](NC(=O)CNC(=O)c1ccccc1F)C(=O)O. The van der Waals surface area contributed by atoms with Crippen molar-refractivity contribution in [3.8, 4) is 0 Å². The van der Waals surface area contributed by atoms with E-state index in [2.05, 4.69) is 10.6 Å². The molecule has 6 nitrogen and oxygen atoms in total. The number of hydrogen-bond acceptors (Lipinski definition) is 3. The van der Waals surface area contributed by atoms with Crippen molar-refractivity contribution in [1.29, 1.82) is 0 Å². The standard InChI is InChI=1S/C14H17FN2O4/c1-2-5-11(14(20)21)17-12(18)8-16-13(19)9-6-3-4-7-10(9)15/h3-4,6-7,11H,2,5,8H2,1H3,(H,16,19)(H,17,18)(H,20,21)/t11-/m0/s1. The zero-order chi connectivity index (χ0) is 15.8. The third-order valence-corrected chi connectivity index (χ3v) is 2.74. The number of carbonyl (C=O) groups excluding carboxylic acids is 2. The topological polar surface area (TPSA) is 95.5 Å². The normalized spacial score (nSPS) is 11.5. The molecule has 0 radical (unpaired) electrons. The molecule has 1 aromatic rings. The Balaban J connectivity index is 2.51. The van der Waals surface area contributed by atoms with Crippen molar-refractivity contribution < 1.29 is 23.9 Å². The van der Waals surface area contributed by atoms with E-state index in [-0.39, 0.29) is 5.56 Å². The van der Waals surface area contributed by atoms with Crippen molar-refractivity contribution in [3.63, 3.8) is 0 Å². The number of benzene rings is 1. The van der Waals surface area contributed by atoms with Gasteiger partial charge in [0.1, 0.15) is 11.9 Å². The van der Waals surface area contributed by atoms with Crippen LogP contribution >= 0.6 is 0 Å². The summed E-state index contributed by atoms with van der Waals surface area (Å²) in [5.74, 6) is -3.19. The summed E-state index contributed by atoms with van der Waals surface area (Å²) in [7, 11) is 0. The average Bonchev–Trinajstić information content (AvgIpc) is 2.44. The van der Waals surface area contributed by atoms with E-state index >= 15 is 0 Å². The number of carboxylic acid groups (broad SMARTS) is 1. The fourth-order valence-corrected chi connectivity index (χ4v) is 1.69. The molecule has 21 heavy (non-hydrogen) atoms. The Morgan fingerprint density at radius 2 is 1.95 bits per heavy atom. The molecule has 0 aliphatic carbocycles. The Bertz CT molecular complexity index is 533. The lowest BCUT2D eigenvalue weighted by Gasteiger charge is -2.13. The summed E-state index contributed by atoms with van der Waals surface area (Å²) in [5.41, 5.74) is -0.173. The van der Waals surface area contributed by atoms with Crippen LogP contribution in [-0.2, 0) is 9.59 Å². The average molecular weight is 296 g/mol. The van der Waals surface area contributed by atoms with Crippen LogP contribution in [0, 0.1) is 5.82 Å². The first-order chi connectivity index (χ1) is 9.95. The second-order valence-corrected chi connectivity index (χ2v) is 4.41. The minimum absolute atomic E-state index is 0.173. The fraction of sp³-hybridized carbons (Fsp3) is 0.357. The molecule has 1 rings (SSSR count). The van der Waals surface area contributed by atoms with E-state index < -0.39 is 36.2 Å². The zero-order valence-electron chi connectivity index (χ0n) is 11.6. The lowest BCUT2D eigenvalue weighted by atomic mass is 10.1. The number of amides is 2. The van der Waals surface area contributed by atoms with Crippen molar-refractivity contribution in [1.82, 2.24) is 10.6 Å². The molecule has 0 aliphatic heterocycles. The Hall–Kier alpha value is -2.44. The van der Waals surface area contributed by atoms with E-state index in [1.165, 1.54) is 18.2 Å². The van der Waals surface area contributed by atoms with Gasteiger partial charge >= 0.3 is 5.97 Å². The van der Waals surface area contributed by atoms with Crippen LogP contribution in [0.25, 0.3) is 0 Å². The third kappa shape index (κ3) is 5.21. The van der Waals surface area contributed by atoms with Gasteiger partial charge in [0, 0.05) is 0 Å². The van der Waals surface area contributed by atoms with Crippen LogP contribution in [-0.4, -0.2) is 35.5 Å². The first-order valence-electron chi connectivity index (χ1n) is 6.50. The predicted octanol–water partition coefficient (Wildman–Crippen LogP) is 0.925. The lowest BCUT2D eigenvalue weighted by Crippen LogP contribution is -2.45. The van der Waals surface area contributed by atoms with Crippen molar-refractivity contribution >= 4 is 17.8 Å². The van der Waals surface area contributed by atoms with Gasteiger partial charge in [0.2, 0.25) is 5.91 Å². The third-order valence-electron chi connectivity index (χ3n) is 2.74. The van der Waals surface area contributed by atoms with Crippen molar-refractivity contribution in [2.24, 2.45) is 0 Å². The van der Waals surface area contributed by atoms with Gasteiger partial charge in [0.15, 0.2) is 0 Å². The molecule has 2 amide bonds. The zero-order valence-corrected chi connectivity index (χ0v) is 11.6. The smallest absolute Gasteiger partial charge is 0.326 e. The summed E-state index contributed by atoms with van der Waals surface area (Å²) in [4.78, 5) is 34.1. The molecule has 0 heterocycles. The second kappa shape index (κ2) is 7.98. The number of rotatable bonds is 7. The summed E-state index contributed by atoms with van der Waals surface area (Å²) in [5, 5.41) is 13.4. The maximum absolute atomic E-state index is 13.3. The van der Waals surface area contributed by atoms with E-state index in [1.54, 1.807) is 6.92 Å². The van der Waals surface area contributed by atoms with Crippen LogP contribution in [0.3, 0.4) is 0 Å². The van der Waals surface area contributed by atoms with Gasteiger partial charge in [-0.2, -0.15) is 0 Å². The number of hydrogen-bond donors (Lipinski definition) is 3. The first-order valence-corrected chi connectivity index (χ1v) is 6.50. The Labute approximate surface area is 121 Å².